The predicted molar refractivity (Wildman–Crippen MR) is 129 cm³/mol. The van der Waals surface area contributed by atoms with Crippen molar-refractivity contribution < 1.29 is 4.79 Å². The van der Waals surface area contributed by atoms with Crippen LogP contribution in [0.1, 0.15) is 31.4 Å². The highest BCUT2D eigenvalue weighted by Crippen LogP contribution is 2.51. The number of likely N-dealkylation sites (tertiary alicyclic amines) is 1. The molecular weight excluding hydrogens is 422 g/mol. The highest BCUT2D eigenvalue weighted by atomic mass is 32.2. The monoisotopic (exact) mass is 449 g/mol. The maximum Gasteiger partial charge on any atom is 0.271 e. The second kappa shape index (κ2) is 8.45. The Morgan fingerprint density at radius 3 is 2.94 bits per heavy atom. The lowest BCUT2D eigenvalue weighted by Gasteiger charge is -2.52. The molecule has 0 bridgehead atoms. The molecule has 3 aliphatic rings. The molecule has 1 aromatic heterocycles. The van der Waals surface area contributed by atoms with Crippen LogP contribution in [0, 0.1) is 17.3 Å². The number of carbonyl (C=O) groups is 1. The Kier molecular flexibility index (Phi) is 5.84. The van der Waals surface area contributed by atoms with Gasteiger partial charge in [0.1, 0.15) is 23.3 Å². The number of aliphatic imine (C=N–C) groups is 1. The Morgan fingerprint density at radius 2 is 2.25 bits per heavy atom. The van der Waals surface area contributed by atoms with Gasteiger partial charge in [0.15, 0.2) is 0 Å². The molecule has 4 rings (SSSR count). The smallest absolute Gasteiger partial charge is 0.271 e. The number of nitrogens with one attached hydrogen (secondary N) is 1. The van der Waals surface area contributed by atoms with Crippen LogP contribution in [0.5, 0.6) is 0 Å². The van der Waals surface area contributed by atoms with Crippen molar-refractivity contribution in [2.24, 2.45) is 10.7 Å². The molecule has 3 N–H and O–H groups in total. The van der Waals surface area contributed by atoms with Crippen molar-refractivity contribution in [2.45, 2.75) is 31.3 Å². The van der Waals surface area contributed by atoms with E-state index in [0.29, 0.717) is 18.7 Å². The minimum atomic E-state index is -1.16. The number of pyridine rings is 1. The number of hydrogen-bond donors (Lipinski definition) is 2. The second-order valence-electron chi connectivity index (χ2n) is 8.00. The van der Waals surface area contributed by atoms with Crippen molar-refractivity contribution >= 4 is 34.7 Å². The summed E-state index contributed by atoms with van der Waals surface area (Å²) in [6, 6.07) is 1.99. The van der Waals surface area contributed by atoms with E-state index in [1.807, 2.05) is 36.4 Å². The number of aromatic nitrogens is 1. The first-order valence-corrected chi connectivity index (χ1v) is 11.4. The minimum absolute atomic E-state index is 0.269. The largest absolute Gasteiger partial charge is 0.354 e. The van der Waals surface area contributed by atoms with Crippen molar-refractivity contribution in [3.63, 3.8) is 0 Å². The van der Waals surface area contributed by atoms with Crippen LogP contribution < -0.4 is 5.73 Å². The summed E-state index contributed by atoms with van der Waals surface area (Å²) in [6.45, 7) is 4.80. The summed E-state index contributed by atoms with van der Waals surface area (Å²) < 4.78 is 0. The molecule has 0 aromatic carbocycles. The van der Waals surface area contributed by atoms with Crippen molar-refractivity contribution in [2.75, 3.05) is 25.9 Å². The summed E-state index contributed by atoms with van der Waals surface area (Å²) in [5.74, 6) is 7.10. The predicted octanol–water partition coefficient (Wildman–Crippen LogP) is 1.91. The summed E-state index contributed by atoms with van der Waals surface area (Å²) in [7, 11) is 1.74. The minimum Gasteiger partial charge on any atom is -0.354 e. The van der Waals surface area contributed by atoms with E-state index in [-0.39, 0.29) is 5.91 Å². The van der Waals surface area contributed by atoms with Gasteiger partial charge in [-0.15, -0.1) is 17.7 Å². The molecule has 2 unspecified atom stereocenters. The number of nitrogens with zero attached hydrogens (tertiary/aromatic N) is 5. The van der Waals surface area contributed by atoms with Crippen LogP contribution in [0.3, 0.4) is 0 Å². The van der Waals surface area contributed by atoms with Crippen LogP contribution in [-0.2, 0) is 4.79 Å². The molecule has 4 heterocycles. The average Bonchev–Trinajstić information content (AvgIpc) is 3.00. The van der Waals surface area contributed by atoms with Gasteiger partial charge in [0.25, 0.3) is 5.91 Å². The van der Waals surface area contributed by atoms with E-state index in [1.54, 1.807) is 38.1 Å². The molecule has 32 heavy (non-hydrogen) atoms. The Bertz CT molecular complexity index is 1100. The van der Waals surface area contributed by atoms with Gasteiger partial charge < -0.3 is 10.6 Å². The van der Waals surface area contributed by atoms with E-state index in [0.717, 1.165) is 34.8 Å². The summed E-state index contributed by atoms with van der Waals surface area (Å²) in [5, 5.41) is 11.2. The highest BCUT2D eigenvalue weighted by molar-refractivity contribution is 8.08. The fraction of sp³-hybridized carbons (Fsp3) is 0.391. The topological polar surface area (TPSA) is 102 Å². The second-order valence-corrected chi connectivity index (χ2v) is 9.02. The quantitative estimate of drug-likeness (QED) is 0.415. The van der Waals surface area contributed by atoms with Gasteiger partial charge in [-0.25, -0.2) is 5.01 Å². The first-order chi connectivity index (χ1) is 15.4. The van der Waals surface area contributed by atoms with Crippen molar-refractivity contribution in [3.8, 4) is 11.8 Å². The molecule has 0 radical (unpaired) electrons. The van der Waals surface area contributed by atoms with Gasteiger partial charge in [-0.05, 0) is 32.4 Å². The molecule has 0 aliphatic carbocycles. The van der Waals surface area contributed by atoms with Crippen LogP contribution in [0.25, 0.3) is 4.91 Å². The molecule has 2 fully saturated rings. The SMILES string of the molecule is CC#Cc1cncc(C2=CN3N(C=N)C(=O)C4(N)CN(C(/C=C\C)=NC)CCC34CS2)c1. The zero-order valence-corrected chi connectivity index (χ0v) is 19.3. The maximum absolute atomic E-state index is 13.5. The number of amidine groups is 1. The Labute approximate surface area is 192 Å². The van der Waals surface area contributed by atoms with Crippen LogP contribution >= 0.6 is 11.8 Å². The molecule has 3 aliphatic heterocycles. The van der Waals surface area contributed by atoms with E-state index in [2.05, 4.69) is 26.7 Å². The molecule has 2 saturated heterocycles. The van der Waals surface area contributed by atoms with Gasteiger partial charge in [0, 0.05) is 60.5 Å². The summed E-state index contributed by atoms with van der Waals surface area (Å²) in [5.41, 5.74) is 6.91. The average molecular weight is 450 g/mol. The third-order valence-electron chi connectivity index (χ3n) is 6.32. The summed E-state index contributed by atoms with van der Waals surface area (Å²) in [6.07, 6.45) is 11.1. The molecule has 166 valence electrons. The third-order valence-corrected chi connectivity index (χ3v) is 7.59. The molecule has 2 atom stereocenters. The van der Waals surface area contributed by atoms with Gasteiger partial charge in [-0.2, -0.15) is 0 Å². The fourth-order valence-corrected chi connectivity index (χ4v) is 6.08. The van der Waals surface area contributed by atoms with E-state index in [9.17, 15) is 4.79 Å². The normalized spacial score (nSPS) is 27.6. The number of piperidine rings is 1. The Balaban J connectivity index is 1.74. The van der Waals surface area contributed by atoms with Gasteiger partial charge in [0.2, 0.25) is 0 Å². The van der Waals surface area contributed by atoms with Crippen LogP contribution in [0.15, 0.2) is 41.8 Å². The third kappa shape index (κ3) is 3.22. The Morgan fingerprint density at radius 1 is 1.44 bits per heavy atom. The number of carbonyl (C=O) groups excluding carboxylic acids is 1. The summed E-state index contributed by atoms with van der Waals surface area (Å²) in [4.78, 5) is 25.2. The molecule has 1 spiro atoms. The number of rotatable bonds is 3. The van der Waals surface area contributed by atoms with Crippen molar-refractivity contribution in [1.82, 2.24) is 19.9 Å². The lowest BCUT2D eigenvalue weighted by Crippen LogP contribution is -2.74. The number of amides is 1. The lowest BCUT2D eigenvalue weighted by atomic mass is 9.73. The lowest BCUT2D eigenvalue weighted by molar-refractivity contribution is -0.132. The van der Waals surface area contributed by atoms with E-state index in [1.165, 1.54) is 5.01 Å². The number of allylic oxidation sites excluding steroid dienone is 1. The van der Waals surface area contributed by atoms with Gasteiger partial charge in [0.05, 0.1) is 0 Å². The standard InChI is InChI=1S/C23H27N7OS/c1-4-6-17-10-18(12-27-11-17)19-13-30-22(15-32-19)8-9-28(20(26-3)7-5-2)14-23(22,25)21(31)29(30)16-24/h5,7,10-13,16,24H,8-9,14-15,25H2,1-3H3/b7-5-,24-16?,26-20?. The van der Waals surface area contributed by atoms with Gasteiger partial charge in [-0.1, -0.05) is 12.0 Å². The van der Waals surface area contributed by atoms with Crippen LogP contribution in [0.4, 0.5) is 0 Å². The number of nitrogens with two attached hydrogens (primary N) is 1. The molecule has 8 nitrogen and oxygen atoms in total. The van der Waals surface area contributed by atoms with Crippen molar-refractivity contribution in [3.05, 3.63) is 47.9 Å². The van der Waals surface area contributed by atoms with E-state index in [4.69, 9.17) is 11.1 Å². The van der Waals surface area contributed by atoms with Crippen LogP contribution in [0.2, 0.25) is 0 Å². The first kappa shape index (κ1) is 22.1. The molecular formula is C23H27N7OS. The van der Waals surface area contributed by atoms with E-state index < -0.39 is 11.1 Å². The zero-order valence-electron chi connectivity index (χ0n) is 18.5. The highest BCUT2D eigenvalue weighted by Gasteiger charge is 2.68. The van der Waals surface area contributed by atoms with Crippen LogP contribution in [-0.4, -0.2) is 75.0 Å². The van der Waals surface area contributed by atoms with Crippen molar-refractivity contribution in [1.29, 1.82) is 5.41 Å². The number of hydrazine groups is 1. The van der Waals surface area contributed by atoms with Gasteiger partial charge >= 0.3 is 0 Å². The summed E-state index contributed by atoms with van der Waals surface area (Å²) >= 11 is 1.67. The molecule has 1 aromatic rings. The zero-order chi connectivity index (χ0) is 22.9. The molecule has 0 saturated carbocycles. The maximum atomic E-state index is 13.5. The van der Waals surface area contributed by atoms with E-state index >= 15 is 0 Å². The first-order valence-electron chi connectivity index (χ1n) is 10.4. The number of hydrogen-bond acceptors (Lipinski definition) is 7. The Hall–Kier alpha value is -3.09. The molecule has 9 heteroatoms. The van der Waals surface area contributed by atoms with Gasteiger partial charge in [-0.3, -0.25) is 25.2 Å². The fourth-order valence-electron chi connectivity index (χ4n) is 4.69. The molecule has 1 amide bonds. The number of thioether (sulfide) groups is 1.